The van der Waals surface area contributed by atoms with Gasteiger partial charge in [-0.3, -0.25) is 4.79 Å². The van der Waals surface area contributed by atoms with Gasteiger partial charge in [-0.15, -0.1) is 0 Å². The number of para-hydroxylation sites is 1. The van der Waals surface area contributed by atoms with Gasteiger partial charge in [0.15, 0.2) is 6.10 Å². The van der Waals surface area contributed by atoms with Gasteiger partial charge in [-0.1, -0.05) is 35.9 Å². The zero-order valence-corrected chi connectivity index (χ0v) is 12.8. The third kappa shape index (κ3) is 2.79. The number of fused-ring (bicyclic) bond motifs is 1. The first-order valence-electron chi connectivity index (χ1n) is 6.98. The molecule has 3 nitrogen and oxygen atoms in total. The Kier molecular flexibility index (Phi) is 4.03. The number of amides is 1. The molecule has 0 saturated heterocycles. The van der Waals surface area contributed by atoms with Crippen molar-refractivity contribution in [2.24, 2.45) is 0 Å². The Morgan fingerprint density at radius 2 is 2.09 bits per heavy atom. The summed E-state index contributed by atoms with van der Waals surface area (Å²) in [5, 5.41) is 0.315. The minimum atomic E-state index is -0.562. The Morgan fingerprint density at radius 1 is 1.32 bits per heavy atom. The molecule has 2 aromatic rings. The molecule has 0 fully saturated rings. The van der Waals surface area contributed by atoms with E-state index in [9.17, 15) is 9.18 Å². The quantitative estimate of drug-likeness (QED) is 0.867. The van der Waals surface area contributed by atoms with Crippen molar-refractivity contribution in [1.82, 2.24) is 4.90 Å². The van der Waals surface area contributed by atoms with Crippen LogP contribution in [0.5, 0.6) is 5.75 Å². The number of hydrogen-bond donors (Lipinski definition) is 0. The second-order valence-corrected chi connectivity index (χ2v) is 5.72. The van der Waals surface area contributed by atoms with Gasteiger partial charge in [0, 0.05) is 30.6 Å². The number of benzene rings is 2. The Hall–Kier alpha value is -2.07. The van der Waals surface area contributed by atoms with E-state index in [2.05, 4.69) is 0 Å². The van der Waals surface area contributed by atoms with E-state index in [0.29, 0.717) is 17.0 Å². The zero-order chi connectivity index (χ0) is 15.7. The molecule has 0 N–H and O–H groups in total. The fraction of sp³-hybridized carbons (Fsp3) is 0.235. The van der Waals surface area contributed by atoms with Gasteiger partial charge < -0.3 is 9.64 Å². The van der Waals surface area contributed by atoms with E-state index in [1.807, 2.05) is 24.3 Å². The molecule has 22 heavy (non-hydrogen) atoms. The fourth-order valence-electron chi connectivity index (χ4n) is 2.56. The van der Waals surface area contributed by atoms with Gasteiger partial charge in [0.2, 0.25) is 0 Å². The van der Waals surface area contributed by atoms with Gasteiger partial charge in [-0.25, -0.2) is 4.39 Å². The van der Waals surface area contributed by atoms with Crippen molar-refractivity contribution >= 4 is 17.5 Å². The van der Waals surface area contributed by atoms with Crippen LogP contribution >= 0.6 is 11.6 Å². The standard InChI is InChI=1S/C17H15ClFNO2/c1-20(10-12-13(18)6-4-7-14(12)19)17(21)16-9-11-5-2-3-8-15(11)22-16/h2-8,16H,9-10H2,1H3. The van der Waals surface area contributed by atoms with Crippen molar-refractivity contribution in [2.45, 2.75) is 19.1 Å². The van der Waals surface area contributed by atoms with E-state index in [-0.39, 0.29) is 12.5 Å². The minimum Gasteiger partial charge on any atom is -0.480 e. The average molecular weight is 320 g/mol. The molecule has 114 valence electrons. The van der Waals surface area contributed by atoms with E-state index < -0.39 is 11.9 Å². The molecule has 1 heterocycles. The maximum Gasteiger partial charge on any atom is 0.264 e. The SMILES string of the molecule is CN(Cc1c(F)cccc1Cl)C(=O)C1Cc2ccccc2O1. The first-order chi connectivity index (χ1) is 10.6. The van der Waals surface area contributed by atoms with Crippen LogP contribution in [-0.2, 0) is 17.8 Å². The van der Waals surface area contributed by atoms with Crippen LogP contribution in [0.4, 0.5) is 4.39 Å². The monoisotopic (exact) mass is 319 g/mol. The molecule has 1 amide bonds. The van der Waals surface area contributed by atoms with Crippen LogP contribution in [0.3, 0.4) is 0 Å². The average Bonchev–Trinajstić information content (AvgIpc) is 2.94. The predicted molar refractivity (Wildman–Crippen MR) is 82.4 cm³/mol. The highest BCUT2D eigenvalue weighted by atomic mass is 35.5. The van der Waals surface area contributed by atoms with Gasteiger partial charge in [-0.2, -0.15) is 0 Å². The molecule has 0 bridgehead atoms. The first-order valence-corrected chi connectivity index (χ1v) is 7.36. The second kappa shape index (κ2) is 5.97. The lowest BCUT2D eigenvalue weighted by atomic mass is 10.1. The van der Waals surface area contributed by atoms with E-state index >= 15 is 0 Å². The van der Waals surface area contributed by atoms with Gasteiger partial charge in [0.05, 0.1) is 0 Å². The number of likely N-dealkylation sites (N-methyl/N-ethyl adjacent to an activating group) is 1. The number of ether oxygens (including phenoxy) is 1. The van der Waals surface area contributed by atoms with Crippen molar-refractivity contribution in [3.63, 3.8) is 0 Å². The van der Waals surface area contributed by atoms with Crippen LogP contribution < -0.4 is 4.74 Å². The van der Waals surface area contributed by atoms with Crippen LogP contribution in [0.25, 0.3) is 0 Å². The number of carbonyl (C=O) groups is 1. The number of rotatable bonds is 3. The van der Waals surface area contributed by atoms with Gasteiger partial charge in [-0.05, 0) is 23.8 Å². The van der Waals surface area contributed by atoms with E-state index in [1.165, 1.54) is 11.0 Å². The maximum absolute atomic E-state index is 13.8. The second-order valence-electron chi connectivity index (χ2n) is 5.31. The van der Waals surface area contributed by atoms with Crippen molar-refractivity contribution in [3.05, 3.63) is 64.4 Å². The summed E-state index contributed by atoms with van der Waals surface area (Å²) < 4.78 is 19.5. The lowest BCUT2D eigenvalue weighted by Crippen LogP contribution is -2.38. The summed E-state index contributed by atoms with van der Waals surface area (Å²) in [7, 11) is 1.62. The first kappa shape index (κ1) is 14.9. The summed E-state index contributed by atoms with van der Waals surface area (Å²) in [5.41, 5.74) is 1.33. The van der Waals surface area contributed by atoms with Crippen molar-refractivity contribution in [3.8, 4) is 5.75 Å². The van der Waals surface area contributed by atoms with Crippen molar-refractivity contribution < 1.29 is 13.9 Å². The number of nitrogens with zero attached hydrogens (tertiary/aromatic N) is 1. The Labute approximate surface area is 133 Å². The summed E-state index contributed by atoms with van der Waals surface area (Å²) in [6.07, 6.45) is -0.0300. The molecule has 1 aliphatic rings. The van der Waals surface area contributed by atoms with Crippen molar-refractivity contribution in [1.29, 1.82) is 0 Å². The number of halogens is 2. The Morgan fingerprint density at radius 3 is 2.82 bits per heavy atom. The predicted octanol–water partition coefficient (Wildman–Crippen LogP) is 3.44. The third-order valence-corrected chi connectivity index (χ3v) is 4.11. The molecule has 3 rings (SSSR count). The van der Waals surface area contributed by atoms with Gasteiger partial charge in [0.1, 0.15) is 11.6 Å². The molecule has 1 aliphatic heterocycles. The van der Waals surface area contributed by atoms with Gasteiger partial charge in [0.25, 0.3) is 5.91 Å². The van der Waals surface area contributed by atoms with Crippen LogP contribution in [0, 0.1) is 5.82 Å². The molecule has 1 unspecified atom stereocenters. The van der Waals surface area contributed by atoms with E-state index in [4.69, 9.17) is 16.3 Å². The number of hydrogen-bond acceptors (Lipinski definition) is 2. The maximum atomic E-state index is 13.8. The summed E-state index contributed by atoms with van der Waals surface area (Å²) >= 11 is 6.00. The topological polar surface area (TPSA) is 29.5 Å². The fourth-order valence-corrected chi connectivity index (χ4v) is 2.79. The normalized spacial score (nSPS) is 16.0. The molecular formula is C17H15ClFNO2. The van der Waals surface area contributed by atoms with Gasteiger partial charge >= 0.3 is 0 Å². The summed E-state index contributed by atoms with van der Waals surface area (Å²) in [5.74, 6) is 0.136. The molecule has 0 aromatic heterocycles. The highest BCUT2D eigenvalue weighted by Crippen LogP contribution is 2.29. The smallest absolute Gasteiger partial charge is 0.264 e. The van der Waals surface area contributed by atoms with Crippen LogP contribution in [0.2, 0.25) is 5.02 Å². The molecule has 0 aliphatic carbocycles. The number of carbonyl (C=O) groups excluding carboxylic acids is 1. The summed E-state index contributed by atoms with van der Waals surface area (Å²) in [6, 6.07) is 12.1. The molecule has 0 saturated carbocycles. The largest absolute Gasteiger partial charge is 0.480 e. The highest BCUT2D eigenvalue weighted by Gasteiger charge is 2.31. The summed E-state index contributed by atoms with van der Waals surface area (Å²) in [4.78, 5) is 13.9. The van der Waals surface area contributed by atoms with Crippen LogP contribution in [0.15, 0.2) is 42.5 Å². The summed E-state index contributed by atoms with van der Waals surface area (Å²) in [6.45, 7) is 0.112. The molecular weight excluding hydrogens is 305 g/mol. The molecule has 5 heteroatoms. The van der Waals surface area contributed by atoms with Crippen LogP contribution in [0.1, 0.15) is 11.1 Å². The van der Waals surface area contributed by atoms with Crippen molar-refractivity contribution in [2.75, 3.05) is 7.05 Å². The third-order valence-electron chi connectivity index (χ3n) is 3.76. The lowest BCUT2D eigenvalue weighted by molar-refractivity contribution is -0.137. The highest BCUT2D eigenvalue weighted by molar-refractivity contribution is 6.31. The molecule has 0 spiro atoms. The Balaban J connectivity index is 1.71. The lowest BCUT2D eigenvalue weighted by Gasteiger charge is -2.21. The minimum absolute atomic E-state index is 0.112. The molecule has 1 atom stereocenters. The van der Waals surface area contributed by atoms with E-state index in [0.717, 1.165) is 11.3 Å². The molecule has 2 aromatic carbocycles. The van der Waals surface area contributed by atoms with E-state index in [1.54, 1.807) is 19.2 Å². The molecule has 0 radical (unpaired) electrons. The zero-order valence-electron chi connectivity index (χ0n) is 12.1. The Bertz CT molecular complexity index is 674. The van der Waals surface area contributed by atoms with Crippen LogP contribution in [-0.4, -0.2) is 24.0 Å².